The Bertz CT molecular complexity index is 565. The summed E-state index contributed by atoms with van der Waals surface area (Å²) in [6.07, 6.45) is -0.165. The fraction of sp³-hybridized carbons (Fsp3) is 0.500. The lowest BCUT2D eigenvalue weighted by atomic mass is 10.1. The molecule has 0 bridgehead atoms. The molecule has 7 nitrogen and oxygen atoms in total. The standard InChI is InChI=1S/C16H23ClN4O3/c1-11(18)14-10-21(6-7-24-14)15(22)9-20-16(23)19-8-12-2-4-13(17)5-3-12/h2-5,11,14H,6-10,18H2,1H3,(H2,19,20,23)/t11-,14+/m0/s1. The molecule has 1 aromatic carbocycles. The average molecular weight is 355 g/mol. The maximum absolute atomic E-state index is 12.2. The lowest BCUT2D eigenvalue weighted by molar-refractivity contribution is -0.138. The van der Waals surface area contributed by atoms with Crippen LogP contribution < -0.4 is 16.4 Å². The number of carbonyl (C=O) groups excluding carboxylic acids is 2. The molecule has 0 aliphatic carbocycles. The molecule has 0 aromatic heterocycles. The van der Waals surface area contributed by atoms with Crippen LogP contribution in [0.4, 0.5) is 4.79 Å². The second-order valence-corrected chi connectivity index (χ2v) is 6.21. The topological polar surface area (TPSA) is 96.7 Å². The molecular formula is C16H23ClN4O3. The number of halogens is 1. The number of rotatable bonds is 5. The van der Waals surface area contributed by atoms with Gasteiger partial charge in [0.15, 0.2) is 0 Å². The van der Waals surface area contributed by atoms with Crippen molar-refractivity contribution in [2.45, 2.75) is 25.6 Å². The van der Waals surface area contributed by atoms with E-state index in [1.807, 2.05) is 19.1 Å². The number of ether oxygens (including phenoxy) is 1. The van der Waals surface area contributed by atoms with E-state index in [1.54, 1.807) is 17.0 Å². The van der Waals surface area contributed by atoms with Crippen molar-refractivity contribution in [3.63, 3.8) is 0 Å². The Morgan fingerprint density at radius 2 is 2.08 bits per heavy atom. The van der Waals surface area contributed by atoms with Gasteiger partial charge in [0.05, 0.1) is 19.3 Å². The van der Waals surface area contributed by atoms with E-state index in [-0.39, 0.29) is 24.6 Å². The van der Waals surface area contributed by atoms with E-state index in [2.05, 4.69) is 10.6 Å². The van der Waals surface area contributed by atoms with E-state index >= 15 is 0 Å². The highest BCUT2D eigenvalue weighted by Crippen LogP contribution is 2.09. The van der Waals surface area contributed by atoms with Gasteiger partial charge in [-0.1, -0.05) is 23.7 Å². The minimum Gasteiger partial charge on any atom is -0.373 e. The third-order valence-electron chi connectivity index (χ3n) is 3.80. The van der Waals surface area contributed by atoms with Gasteiger partial charge in [0.1, 0.15) is 0 Å². The number of carbonyl (C=O) groups is 2. The second kappa shape index (κ2) is 8.86. The molecule has 24 heavy (non-hydrogen) atoms. The normalized spacial score (nSPS) is 18.8. The minimum absolute atomic E-state index is 0.0574. The van der Waals surface area contributed by atoms with Gasteiger partial charge in [-0.25, -0.2) is 4.79 Å². The maximum atomic E-state index is 12.2. The Hall–Kier alpha value is -1.83. The highest BCUT2D eigenvalue weighted by Gasteiger charge is 2.26. The van der Waals surface area contributed by atoms with Gasteiger partial charge >= 0.3 is 6.03 Å². The Morgan fingerprint density at radius 1 is 1.38 bits per heavy atom. The van der Waals surface area contributed by atoms with Crippen LogP contribution in [0.3, 0.4) is 0 Å². The molecular weight excluding hydrogens is 332 g/mol. The molecule has 0 radical (unpaired) electrons. The van der Waals surface area contributed by atoms with Crippen molar-refractivity contribution in [2.24, 2.45) is 5.73 Å². The summed E-state index contributed by atoms with van der Waals surface area (Å²) in [5, 5.41) is 5.90. The molecule has 1 aliphatic heterocycles. The lowest BCUT2D eigenvalue weighted by Gasteiger charge is -2.34. The number of morpholine rings is 1. The molecule has 0 saturated carbocycles. The van der Waals surface area contributed by atoms with Gasteiger partial charge in [0, 0.05) is 30.7 Å². The molecule has 1 fully saturated rings. The SMILES string of the molecule is C[C@H](N)[C@H]1CN(C(=O)CNC(=O)NCc2ccc(Cl)cc2)CCO1. The minimum atomic E-state index is -0.393. The van der Waals surface area contributed by atoms with Crippen molar-refractivity contribution in [3.05, 3.63) is 34.9 Å². The second-order valence-electron chi connectivity index (χ2n) is 5.77. The molecule has 1 heterocycles. The fourth-order valence-electron chi connectivity index (χ4n) is 2.33. The highest BCUT2D eigenvalue weighted by molar-refractivity contribution is 6.30. The summed E-state index contributed by atoms with van der Waals surface area (Å²) in [6.45, 7) is 3.57. The molecule has 8 heteroatoms. The summed E-state index contributed by atoms with van der Waals surface area (Å²) in [6, 6.07) is 6.64. The lowest BCUT2D eigenvalue weighted by Crippen LogP contribution is -2.53. The third kappa shape index (κ3) is 5.67. The number of nitrogens with zero attached hydrogens (tertiary/aromatic N) is 1. The Kier molecular flexibility index (Phi) is 6.84. The predicted octanol–water partition coefficient (Wildman–Crippen LogP) is 0.714. The van der Waals surface area contributed by atoms with Crippen LogP contribution in [0, 0.1) is 0 Å². The molecule has 3 amide bonds. The molecule has 2 rings (SSSR count). The van der Waals surface area contributed by atoms with Gasteiger partial charge in [-0.15, -0.1) is 0 Å². The Balaban J connectivity index is 1.71. The third-order valence-corrected chi connectivity index (χ3v) is 4.05. The van der Waals surface area contributed by atoms with Crippen LogP contribution >= 0.6 is 11.6 Å². The van der Waals surface area contributed by atoms with Crippen LogP contribution in [0.1, 0.15) is 12.5 Å². The first-order valence-electron chi connectivity index (χ1n) is 7.87. The van der Waals surface area contributed by atoms with Gasteiger partial charge in [-0.05, 0) is 24.6 Å². The molecule has 1 aliphatic rings. The maximum Gasteiger partial charge on any atom is 0.315 e. The quantitative estimate of drug-likeness (QED) is 0.725. The van der Waals surface area contributed by atoms with Crippen molar-refractivity contribution in [2.75, 3.05) is 26.2 Å². The summed E-state index contributed by atoms with van der Waals surface area (Å²) in [7, 11) is 0. The van der Waals surface area contributed by atoms with Gasteiger partial charge in [-0.2, -0.15) is 0 Å². The molecule has 0 unspecified atom stereocenters. The number of hydrogen-bond donors (Lipinski definition) is 3. The van der Waals surface area contributed by atoms with E-state index in [0.717, 1.165) is 5.56 Å². The van der Waals surface area contributed by atoms with E-state index in [1.165, 1.54) is 0 Å². The Labute approximate surface area is 146 Å². The van der Waals surface area contributed by atoms with Crippen LogP contribution in [0.25, 0.3) is 0 Å². The van der Waals surface area contributed by atoms with Crippen molar-refractivity contribution in [1.82, 2.24) is 15.5 Å². The summed E-state index contributed by atoms with van der Waals surface area (Å²) in [4.78, 5) is 25.6. The van der Waals surface area contributed by atoms with E-state index in [4.69, 9.17) is 22.1 Å². The van der Waals surface area contributed by atoms with Gasteiger partial charge in [-0.3, -0.25) is 4.79 Å². The first-order valence-corrected chi connectivity index (χ1v) is 8.24. The number of hydrogen-bond acceptors (Lipinski definition) is 4. The zero-order chi connectivity index (χ0) is 17.5. The first kappa shape index (κ1) is 18.5. The van der Waals surface area contributed by atoms with Crippen LogP contribution in [0.15, 0.2) is 24.3 Å². The molecule has 0 spiro atoms. The fourth-order valence-corrected chi connectivity index (χ4v) is 2.46. The number of benzene rings is 1. The van der Waals surface area contributed by atoms with E-state index in [0.29, 0.717) is 31.3 Å². The van der Waals surface area contributed by atoms with Crippen LogP contribution in [0.2, 0.25) is 5.02 Å². The van der Waals surface area contributed by atoms with Crippen LogP contribution in [-0.4, -0.2) is 55.2 Å². The molecule has 2 atom stereocenters. The highest BCUT2D eigenvalue weighted by atomic mass is 35.5. The van der Waals surface area contributed by atoms with Crippen molar-refractivity contribution < 1.29 is 14.3 Å². The van der Waals surface area contributed by atoms with E-state index < -0.39 is 6.03 Å². The van der Waals surface area contributed by atoms with Crippen LogP contribution in [0.5, 0.6) is 0 Å². The molecule has 1 aromatic rings. The summed E-state index contributed by atoms with van der Waals surface area (Å²) in [5.41, 5.74) is 6.73. The molecule has 132 valence electrons. The smallest absolute Gasteiger partial charge is 0.315 e. The monoisotopic (exact) mass is 354 g/mol. The molecule has 1 saturated heterocycles. The van der Waals surface area contributed by atoms with Gasteiger partial charge in [0.2, 0.25) is 5.91 Å². The van der Waals surface area contributed by atoms with Crippen molar-refractivity contribution in [3.8, 4) is 0 Å². The first-order chi connectivity index (χ1) is 11.5. The van der Waals surface area contributed by atoms with Crippen molar-refractivity contribution in [1.29, 1.82) is 0 Å². The van der Waals surface area contributed by atoms with Crippen molar-refractivity contribution >= 4 is 23.5 Å². The number of urea groups is 1. The van der Waals surface area contributed by atoms with E-state index in [9.17, 15) is 9.59 Å². The number of nitrogens with one attached hydrogen (secondary N) is 2. The average Bonchev–Trinajstić information content (AvgIpc) is 2.59. The number of amides is 3. The summed E-state index contributed by atoms with van der Waals surface area (Å²) >= 11 is 5.80. The largest absolute Gasteiger partial charge is 0.373 e. The van der Waals surface area contributed by atoms with Crippen LogP contribution in [-0.2, 0) is 16.1 Å². The zero-order valence-electron chi connectivity index (χ0n) is 13.6. The molecule has 4 N–H and O–H groups in total. The summed E-state index contributed by atoms with van der Waals surface area (Å²) in [5.74, 6) is -0.148. The predicted molar refractivity (Wildman–Crippen MR) is 91.7 cm³/mol. The zero-order valence-corrected chi connectivity index (χ0v) is 14.4. The summed E-state index contributed by atoms with van der Waals surface area (Å²) < 4.78 is 5.51. The van der Waals surface area contributed by atoms with Gasteiger partial charge in [0.25, 0.3) is 0 Å². The number of nitrogens with two attached hydrogens (primary N) is 1. The van der Waals surface area contributed by atoms with Gasteiger partial charge < -0.3 is 26.0 Å². The Morgan fingerprint density at radius 3 is 2.75 bits per heavy atom.